The van der Waals surface area contributed by atoms with Crippen LogP contribution in [0, 0.1) is 5.92 Å². The van der Waals surface area contributed by atoms with Crippen LogP contribution in [-0.4, -0.2) is 12.0 Å². The predicted molar refractivity (Wildman–Crippen MR) is 78.2 cm³/mol. The van der Waals surface area contributed by atoms with Gasteiger partial charge in [0.15, 0.2) is 0 Å². The maximum Gasteiger partial charge on any atom is 0.220 e. The average molecular weight is 263 g/mol. The van der Waals surface area contributed by atoms with Crippen LogP contribution in [0.1, 0.15) is 52.6 Å². The topological polar surface area (TPSA) is 38.3 Å². The van der Waals surface area contributed by atoms with Crippen LogP contribution in [0.3, 0.4) is 0 Å². The van der Waals surface area contributed by atoms with Crippen molar-refractivity contribution in [2.75, 3.05) is 0 Å². The molecule has 0 saturated heterocycles. The highest BCUT2D eigenvalue weighted by molar-refractivity contribution is 5.76. The summed E-state index contributed by atoms with van der Waals surface area (Å²) in [5.41, 5.74) is 1.09. The van der Waals surface area contributed by atoms with Crippen LogP contribution in [0.2, 0.25) is 0 Å². The first-order valence-corrected chi connectivity index (χ1v) is 6.94. The molecule has 0 fully saturated rings. The summed E-state index contributed by atoms with van der Waals surface area (Å²) in [5, 5.41) is 3.01. The molecule has 1 amide bonds. The van der Waals surface area contributed by atoms with Gasteiger partial charge in [0.05, 0.1) is 12.1 Å². The molecule has 0 aliphatic carbocycles. The molecule has 19 heavy (non-hydrogen) atoms. The molecule has 0 radical (unpaired) electrons. The van der Waals surface area contributed by atoms with Crippen LogP contribution >= 0.6 is 0 Å². The summed E-state index contributed by atoms with van der Waals surface area (Å²) in [4.78, 5) is 11.7. The fourth-order valence-corrected chi connectivity index (χ4v) is 1.86. The molecule has 106 valence electrons. The summed E-state index contributed by atoms with van der Waals surface area (Å²) in [6.07, 6.45) is 0.743. The van der Waals surface area contributed by atoms with Crippen molar-refractivity contribution in [3.63, 3.8) is 0 Å². The van der Waals surface area contributed by atoms with Gasteiger partial charge in [0.2, 0.25) is 5.91 Å². The number of ether oxygens (including phenoxy) is 1. The number of hydrogen-bond donors (Lipinski definition) is 1. The van der Waals surface area contributed by atoms with Gasteiger partial charge in [-0.15, -0.1) is 0 Å². The van der Waals surface area contributed by atoms with Gasteiger partial charge >= 0.3 is 0 Å². The first-order chi connectivity index (χ1) is 8.88. The van der Waals surface area contributed by atoms with Crippen LogP contribution in [0.25, 0.3) is 0 Å². The Kier molecular flexibility index (Phi) is 5.87. The number of hydrogen-bond acceptors (Lipinski definition) is 2. The minimum absolute atomic E-state index is 0.0272. The van der Waals surface area contributed by atoms with Crippen molar-refractivity contribution in [1.82, 2.24) is 5.32 Å². The lowest BCUT2D eigenvalue weighted by Crippen LogP contribution is -2.27. The van der Waals surface area contributed by atoms with Crippen LogP contribution in [0.15, 0.2) is 24.3 Å². The zero-order valence-electron chi connectivity index (χ0n) is 12.6. The molecule has 0 spiro atoms. The van der Waals surface area contributed by atoms with E-state index in [-0.39, 0.29) is 18.1 Å². The second-order valence-corrected chi connectivity index (χ2v) is 5.62. The number of nitrogens with one attached hydrogen (secondary N) is 1. The van der Waals surface area contributed by atoms with Gasteiger partial charge in [0.1, 0.15) is 5.75 Å². The smallest absolute Gasteiger partial charge is 0.220 e. The molecule has 3 heteroatoms. The van der Waals surface area contributed by atoms with Gasteiger partial charge in [0, 0.05) is 6.42 Å². The average Bonchev–Trinajstić information content (AvgIpc) is 2.27. The number of carbonyl (C=O) groups is 1. The SMILES string of the molecule is CC(C)CC(=O)NC(C)c1ccc(OC(C)C)cc1. The second-order valence-electron chi connectivity index (χ2n) is 5.62. The minimum Gasteiger partial charge on any atom is -0.491 e. The predicted octanol–water partition coefficient (Wildman–Crippen LogP) is 3.70. The van der Waals surface area contributed by atoms with E-state index < -0.39 is 0 Å². The van der Waals surface area contributed by atoms with Crippen molar-refractivity contribution in [3.05, 3.63) is 29.8 Å². The van der Waals surface area contributed by atoms with Gasteiger partial charge in [-0.2, -0.15) is 0 Å². The largest absolute Gasteiger partial charge is 0.491 e. The van der Waals surface area contributed by atoms with Gasteiger partial charge in [-0.3, -0.25) is 4.79 Å². The summed E-state index contributed by atoms with van der Waals surface area (Å²) in [6, 6.07) is 7.91. The number of carbonyl (C=O) groups excluding carboxylic acids is 1. The van der Waals surface area contributed by atoms with Crippen molar-refractivity contribution in [2.45, 2.75) is 53.2 Å². The lowest BCUT2D eigenvalue weighted by Gasteiger charge is -2.16. The molecule has 0 aromatic heterocycles. The number of rotatable bonds is 6. The summed E-state index contributed by atoms with van der Waals surface area (Å²) < 4.78 is 5.60. The third-order valence-corrected chi connectivity index (χ3v) is 2.72. The maximum absolute atomic E-state index is 11.7. The van der Waals surface area contributed by atoms with Crippen LogP contribution in [0.4, 0.5) is 0 Å². The number of amides is 1. The molecule has 0 aliphatic rings. The van der Waals surface area contributed by atoms with Crippen LogP contribution in [-0.2, 0) is 4.79 Å². The van der Waals surface area contributed by atoms with Crippen molar-refractivity contribution in [2.24, 2.45) is 5.92 Å². The van der Waals surface area contributed by atoms with Gasteiger partial charge in [-0.05, 0) is 44.4 Å². The summed E-state index contributed by atoms with van der Waals surface area (Å²) >= 11 is 0. The van der Waals surface area contributed by atoms with Crippen molar-refractivity contribution >= 4 is 5.91 Å². The minimum atomic E-state index is 0.0272. The maximum atomic E-state index is 11.7. The van der Waals surface area contributed by atoms with E-state index in [0.29, 0.717) is 12.3 Å². The van der Waals surface area contributed by atoms with E-state index in [1.807, 2.05) is 58.9 Å². The summed E-state index contributed by atoms with van der Waals surface area (Å²) in [5.74, 6) is 1.35. The quantitative estimate of drug-likeness (QED) is 0.850. The Hall–Kier alpha value is -1.51. The fraction of sp³-hybridized carbons (Fsp3) is 0.562. The third-order valence-electron chi connectivity index (χ3n) is 2.72. The number of benzene rings is 1. The van der Waals surface area contributed by atoms with Crippen molar-refractivity contribution in [3.8, 4) is 5.75 Å². The molecule has 1 N–H and O–H groups in total. The Bertz CT molecular complexity index is 396. The standard InChI is InChI=1S/C16H25NO2/c1-11(2)10-16(18)17-13(5)14-6-8-15(9-7-14)19-12(3)4/h6-9,11-13H,10H2,1-5H3,(H,17,18). The van der Waals surface area contributed by atoms with E-state index in [0.717, 1.165) is 11.3 Å². The van der Waals surface area contributed by atoms with E-state index in [4.69, 9.17) is 4.74 Å². The lowest BCUT2D eigenvalue weighted by atomic mass is 10.1. The molecule has 1 atom stereocenters. The Morgan fingerprint density at radius 2 is 1.68 bits per heavy atom. The first kappa shape index (κ1) is 15.5. The molecule has 0 saturated carbocycles. The van der Waals surface area contributed by atoms with Gasteiger partial charge in [-0.1, -0.05) is 26.0 Å². The summed E-state index contributed by atoms with van der Waals surface area (Å²) in [6.45, 7) is 10.1. The van der Waals surface area contributed by atoms with E-state index in [1.165, 1.54) is 0 Å². The molecule has 0 bridgehead atoms. The lowest BCUT2D eigenvalue weighted by molar-refractivity contribution is -0.122. The molecule has 1 unspecified atom stereocenters. The van der Waals surface area contributed by atoms with E-state index >= 15 is 0 Å². The van der Waals surface area contributed by atoms with Gasteiger partial charge < -0.3 is 10.1 Å². The second kappa shape index (κ2) is 7.17. The molecule has 1 rings (SSSR count). The first-order valence-electron chi connectivity index (χ1n) is 6.94. The van der Waals surface area contributed by atoms with Gasteiger partial charge in [0.25, 0.3) is 0 Å². The van der Waals surface area contributed by atoms with Crippen LogP contribution < -0.4 is 10.1 Å². The normalized spacial score (nSPS) is 12.6. The van der Waals surface area contributed by atoms with Crippen LogP contribution in [0.5, 0.6) is 5.75 Å². The van der Waals surface area contributed by atoms with Crippen molar-refractivity contribution in [1.29, 1.82) is 0 Å². The molecule has 0 heterocycles. The highest BCUT2D eigenvalue weighted by Crippen LogP contribution is 2.18. The molecule has 1 aromatic carbocycles. The van der Waals surface area contributed by atoms with Gasteiger partial charge in [-0.25, -0.2) is 0 Å². The monoisotopic (exact) mass is 263 g/mol. The molecule has 0 aliphatic heterocycles. The molecular weight excluding hydrogens is 238 g/mol. The summed E-state index contributed by atoms with van der Waals surface area (Å²) in [7, 11) is 0. The Labute approximate surface area is 116 Å². The Morgan fingerprint density at radius 3 is 2.16 bits per heavy atom. The fourth-order valence-electron chi connectivity index (χ4n) is 1.86. The molecule has 1 aromatic rings. The highest BCUT2D eigenvalue weighted by atomic mass is 16.5. The van der Waals surface area contributed by atoms with E-state index in [9.17, 15) is 4.79 Å². The molecular formula is C16H25NO2. The Morgan fingerprint density at radius 1 is 1.11 bits per heavy atom. The Balaban J connectivity index is 2.57. The van der Waals surface area contributed by atoms with E-state index in [2.05, 4.69) is 5.32 Å². The van der Waals surface area contributed by atoms with E-state index in [1.54, 1.807) is 0 Å². The molecule has 3 nitrogen and oxygen atoms in total. The third kappa shape index (κ3) is 5.77. The zero-order chi connectivity index (χ0) is 14.4. The highest BCUT2D eigenvalue weighted by Gasteiger charge is 2.11. The van der Waals surface area contributed by atoms with Crippen molar-refractivity contribution < 1.29 is 9.53 Å². The zero-order valence-corrected chi connectivity index (χ0v) is 12.6.